The van der Waals surface area contributed by atoms with Crippen LogP contribution in [0.2, 0.25) is 0 Å². The van der Waals surface area contributed by atoms with E-state index in [4.69, 9.17) is 0 Å². The minimum Gasteiger partial charge on any atom is -0.352 e. The number of aliphatic imine (C=N–C) groups is 1. The molecule has 0 saturated carbocycles. The Morgan fingerprint density at radius 2 is 1.91 bits per heavy atom. The molecule has 0 spiro atoms. The molecule has 2 rings (SSSR count). The molecule has 2 N–H and O–H groups in total. The van der Waals surface area contributed by atoms with Gasteiger partial charge < -0.3 is 10.6 Å². The van der Waals surface area contributed by atoms with Crippen molar-refractivity contribution in [1.82, 2.24) is 20.4 Å². The number of halogens is 2. The third kappa shape index (κ3) is 4.06. The third-order valence-electron chi connectivity index (χ3n) is 3.77. The number of nitrogens with zero attached hydrogens (tertiary/aromatic N) is 3. The van der Waals surface area contributed by atoms with Crippen molar-refractivity contribution in [2.45, 2.75) is 26.9 Å². The average molecular weight is 321 g/mol. The van der Waals surface area contributed by atoms with Crippen molar-refractivity contribution in [1.29, 1.82) is 0 Å². The molecule has 0 saturated heterocycles. The number of aromatic nitrogens is 2. The maximum Gasteiger partial charge on any atom is 0.191 e. The molecule has 1 heterocycles. The fraction of sp³-hybridized carbons (Fsp3) is 0.375. The topological polar surface area (TPSA) is 54.2 Å². The summed E-state index contributed by atoms with van der Waals surface area (Å²) in [6, 6.07) is 3.38. The van der Waals surface area contributed by atoms with Crippen LogP contribution in [0.4, 0.5) is 8.78 Å². The van der Waals surface area contributed by atoms with E-state index in [1.54, 1.807) is 7.05 Å². The quantitative estimate of drug-likeness (QED) is 0.670. The number of aryl methyl sites for hydroxylation is 2. The highest BCUT2D eigenvalue weighted by atomic mass is 19.1. The Morgan fingerprint density at radius 1 is 1.22 bits per heavy atom. The van der Waals surface area contributed by atoms with E-state index in [9.17, 15) is 8.78 Å². The van der Waals surface area contributed by atoms with Gasteiger partial charge in [-0.25, -0.2) is 8.78 Å². The van der Waals surface area contributed by atoms with Crippen LogP contribution < -0.4 is 10.6 Å². The molecule has 0 aliphatic carbocycles. The first-order chi connectivity index (χ1) is 10.9. The van der Waals surface area contributed by atoms with Crippen molar-refractivity contribution in [2.24, 2.45) is 12.0 Å². The highest BCUT2D eigenvalue weighted by molar-refractivity contribution is 5.79. The summed E-state index contributed by atoms with van der Waals surface area (Å²) >= 11 is 0. The molecule has 2 aromatic rings. The van der Waals surface area contributed by atoms with Crippen LogP contribution in [0.5, 0.6) is 0 Å². The van der Waals surface area contributed by atoms with E-state index in [-0.39, 0.29) is 12.1 Å². The lowest BCUT2D eigenvalue weighted by Crippen LogP contribution is -2.36. The van der Waals surface area contributed by atoms with Crippen LogP contribution in [0.1, 0.15) is 22.5 Å². The molecule has 0 atom stereocenters. The summed E-state index contributed by atoms with van der Waals surface area (Å²) in [6.07, 6.45) is 0. The van der Waals surface area contributed by atoms with Crippen LogP contribution in [0.3, 0.4) is 0 Å². The highest BCUT2D eigenvalue weighted by Crippen LogP contribution is 2.11. The van der Waals surface area contributed by atoms with Gasteiger partial charge in [0.2, 0.25) is 0 Å². The van der Waals surface area contributed by atoms with Gasteiger partial charge in [0.15, 0.2) is 5.96 Å². The van der Waals surface area contributed by atoms with Crippen LogP contribution in [0.15, 0.2) is 23.2 Å². The maximum absolute atomic E-state index is 13.6. The number of benzene rings is 1. The van der Waals surface area contributed by atoms with Gasteiger partial charge in [-0.05, 0) is 32.0 Å². The minimum atomic E-state index is -0.465. The second kappa shape index (κ2) is 7.21. The van der Waals surface area contributed by atoms with Gasteiger partial charge in [-0.15, -0.1) is 0 Å². The lowest BCUT2D eigenvalue weighted by atomic mass is 10.2. The summed E-state index contributed by atoms with van der Waals surface area (Å²) in [4.78, 5) is 4.09. The molecular formula is C16H21F2N5. The summed E-state index contributed by atoms with van der Waals surface area (Å²) in [6.45, 7) is 4.64. The third-order valence-corrected chi connectivity index (χ3v) is 3.77. The first kappa shape index (κ1) is 16.9. The Kier molecular flexibility index (Phi) is 5.31. The molecule has 1 aromatic carbocycles. The zero-order valence-electron chi connectivity index (χ0n) is 13.7. The molecule has 23 heavy (non-hydrogen) atoms. The molecule has 0 amide bonds. The lowest BCUT2D eigenvalue weighted by Gasteiger charge is -2.12. The molecule has 0 radical (unpaired) electrons. The number of rotatable bonds is 4. The first-order valence-corrected chi connectivity index (χ1v) is 7.30. The van der Waals surface area contributed by atoms with E-state index < -0.39 is 11.6 Å². The summed E-state index contributed by atoms with van der Waals surface area (Å²) in [7, 11) is 3.52. The van der Waals surface area contributed by atoms with Crippen molar-refractivity contribution in [2.75, 3.05) is 7.05 Å². The highest BCUT2D eigenvalue weighted by Gasteiger charge is 2.10. The molecule has 0 fully saturated rings. The van der Waals surface area contributed by atoms with Gasteiger partial charge in [-0.2, -0.15) is 5.10 Å². The van der Waals surface area contributed by atoms with Gasteiger partial charge in [-0.3, -0.25) is 9.67 Å². The molecule has 0 bridgehead atoms. The Hall–Kier alpha value is -2.44. The molecule has 7 heteroatoms. The Morgan fingerprint density at radius 3 is 2.52 bits per heavy atom. The van der Waals surface area contributed by atoms with Gasteiger partial charge in [0.1, 0.15) is 11.6 Å². The summed E-state index contributed by atoms with van der Waals surface area (Å²) in [5.41, 5.74) is 3.36. The number of nitrogens with one attached hydrogen (secondary N) is 2. The zero-order valence-corrected chi connectivity index (χ0v) is 13.7. The smallest absolute Gasteiger partial charge is 0.191 e. The Bertz CT molecular complexity index is 722. The van der Waals surface area contributed by atoms with Crippen molar-refractivity contribution >= 4 is 5.96 Å². The van der Waals surface area contributed by atoms with Gasteiger partial charge in [0.05, 0.1) is 5.69 Å². The standard InChI is InChI=1S/C16H21F2N5/c1-10-14(11(2)23(4)22-10)9-21-16(19-3)20-8-12-7-13(17)5-6-15(12)18/h5-7H,8-9H2,1-4H3,(H2,19,20,21). The van der Waals surface area contributed by atoms with Crippen LogP contribution in [0.25, 0.3) is 0 Å². The largest absolute Gasteiger partial charge is 0.352 e. The molecule has 1 aromatic heterocycles. The van der Waals surface area contributed by atoms with Crippen LogP contribution in [-0.4, -0.2) is 22.8 Å². The van der Waals surface area contributed by atoms with Crippen molar-refractivity contribution in [3.63, 3.8) is 0 Å². The van der Waals surface area contributed by atoms with Crippen LogP contribution in [-0.2, 0) is 20.1 Å². The summed E-state index contributed by atoms with van der Waals surface area (Å²) < 4.78 is 28.6. The lowest BCUT2D eigenvalue weighted by molar-refractivity contribution is 0.581. The van der Waals surface area contributed by atoms with Gasteiger partial charge in [0, 0.05) is 44.0 Å². The Balaban J connectivity index is 1.97. The van der Waals surface area contributed by atoms with Gasteiger partial charge in [0.25, 0.3) is 0 Å². The fourth-order valence-electron chi connectivity index (χ4n) is 2.32. The van der Waals surface area contributed by atoms with Crippen molar-refractivity contribution in [3.8, 4) is 0 Å². The van der Waals surface area contributed by atoms with Crippen molar-refractivity contribution in [3.05, 3.63) is 52.3 Å². The predicted octanol–water partition coefficient (Wildman–Crippen LogP) is 2.18. The second-order valence-corrected chi connectivity index (χ2v) is 5.29. The normalized spacial score (nSPS) is 11.7. The monoisotopic (exact) mass is 321 g/mol. The maximum atomic E-state index is 13.6. The van der Waals surface area contributed by atoms with Gasteiger partial charge in [-0.1, -0.05) is 0 Å². The van der Waals surface area contributed by atoms with E-state index in [2.05, 4.69) is 20.7 Å². The minimum absolute atomic E-state index is 0.147. The van der Waals surface area contributed by atoms with Gasteiger partial charge >= 0.3 is 0 Å². The number of guanidine groups is 1. The van der Waals surface area contributed by atoms with E-state index in [1.165, 1.54) is 6.07 Å². The van der Waals surface area contributed by atoms with Crippen molar-refractivity contribution < 1.29 is 8.78 Å². The number of hydrogen-bond acceptors (Lipinski definition) is 2. The summed E-state index contributed by atoms with van der Waals surface area (Å²) in [5.74, 6) is -0.405. The van der Waals surface area contributed by atoms with Crippen LogP contribution in [0, 0.1) is 25.5 Å². The SMILES string of the molecule is CN=C(NCc1cc(F)ccc1F)NCc1c(C)nn(C)c1C. The zero-order chi connectivity index (χ0) is 17.0. The summed E-state index contributed by atoms with van der Waals surface area (Å²) in [5, 5.41) is 10.5. The van der Waals surface area contributed by atoms with E-state index in [0.29, 0.717) is 12.5 Å². The van der Waals surface area contributed by atoms with Crippen LogP contribution >= 0.6 is 0 Å². The number of hydrogen-bond donors (Lipinski definition) is 2. The molecule has 124 valence electrons. The molecule has 0 aliphatic rings. The second-order valence-electron chi connectivity index (χ2n) is 5.29. The fourth-order valence-corrected chi connectivity index (χ4v) is 2.32. The first-order valence-electron chi connectivity index (χ1n) is 7.30. The van der Waals surface area contributed by atoms with E-state index in [1.807, 2.05) is 25.6 Å². The molecule has 0 unspecified atom stereocenters. The predicted molar refractivity (Wildman–Crippen MR) is 86.1 cm³/mol. The Labute approximate surface area is 134 Å². The van der Waals surface area contributed by atoms with E-state index >= 15 is 0 Å². The average Bonchev–Trinajstić information content (AvgIpc) is 2.76. The van der Waals surface area contributed by atoms with E-state index in [0.717, 1.165) is 29.1 Å². The molecule has 0 aliphatic heterocycles. The molecular weight excluding hydrogens is 300 g/mol. The molecule has 5 nitrogen and oxygen atoms in total.